The van der Waals surface area contributed by atoms with Crippen LogP contribution in [0.5, 0.6) is 0 Å². The summed E-state index contributed by atoms with van der Waals surface area (Å²) in [6, 6.07) is 0.263. The Hall–Kier alpha value is -0.900. The SMILES string of the molecule is Cc1noc(C(C)N2CCCCCCC2)n1. The summed E-state index contributed by atoms with van der Waals surface area (Å²) in [5, 5.41) is 3.86. The molecule has 0 aliphatic carbocycles. The maximum absolute atomic E-state index is 5.25. The number of hydrogen-bond donors (Lipinski definition) is 0. The smallest absolute Gasteiger partial charge is 0.243 e. The molecule has 2 rings (SSSR count). The van der Waals surface area contributed by atoms with Crippen molar-refractivity contribution in [1.82, 2.24) is 15.0 Å². The number of hydrogen-bond acceptors (Lipinski definition) is 4. The van der Waals surface area contributed by atoms with Crippen LogP contribution in [0.15, 0.2) is 4.52 Å². The molecule has 1 unspecified atom stereocenters. The van der Waals surface area contributed by atoms with Crippen LogP contribution in [-0.2, 0) is 0 Å². The third-order valence-corrected chi connectivity index (χ3v) is 3.34. The molecule has 4 nitrogen and oxygen atoms in total. The van der Waals surface area contributed by atoms with Crippen molar-refractivity contribution in [3.63, 3.8) is 0 Å². The summed E-state index contributed by atoms with van der Waals surface area (Å²) in [7, 11) is 0. The molecule has 1 aromatic rings. The van der Waals surface area contributed by atoms with E-state index in [9.17, 15) is 0 Å². The molecule has 1 fully saturated rings. The summed E-state index contributed by atoms with van der Waals surface area (Å²) >= 11 is 0. The van der Waals surface area contributed by atoms with E-state index in [-0.39, 0.29) is 6.04 Å². The van der Waals surface area contributed by atoms with Gasteiger partial charge < -0.3 is 4.52 Å². The second-order valence-corrected chi connectivity index (χ2v) is 4.66. The van der Waals surface area contributed by atoms with Crippen molar-refractivity contribution in [3.8, 4) is 0 Å². The van der Waals surface area contributed by atoms with E-state index in [1.54, 1.807) is 0 Å². The van der Waals surface area contributed by atoms with Crippen molar-refractivity contribution in [2.75, 3.05) is 13.1 Å². The topological polar surface area (TPSA) is 42.2 Å². The van der Waals surface area contributed by atoms with Crippen LogP contribution in [0, 0.1) is 6.92 Å². The highest BCUT2D eigenvalue weighted by Crippen LogP contribution is 2.21. The zero-order valence-electron chi connectivity index (χ0n) is 10.3. The van der Waals surface area contributed by atoms with E-state index >= 15 is 0 Å². The molecular weight excluding hydrogens is 202 g/mol. The van der Waals surface area contributed by atoms with E-state index in [4.69, 9.17) is 4.52 Å². The molecule has 90 valence electrons. The Morgan fingerprint density at radius 1 is 1.12 bits per heavy atom. The Morgan fingerprint density at radius 2 is 1.75 bits per heavy atom. The lowest BCUT2D eigenvalue weighted by atomic mass is 10.1. The summed E-state index contributed by atoms with van der Waals surface area (Å²) in [5.41, 5.74) is 0. The fourth-order valence-electron chi connectivity index (χ4n) is 2.30. The molecule has 0 spiro atoms. The van der Waals surface area contributed by atoms with Gasteiger partial charge >= 0.3 is 0 Å². The van der Waals surface area contributed by atoms with Crippen LogP contribution >= 0.6 is 0 Å². The summed E-state index contributed by atoms with van der Waals surface area (Å²) in [5.74, 6) is 1.49. The Kier molecular flexibility index (Phi) is 3.93. The second kappa shape index (κ2) is 5.43. The second-order valence-electron chi connectivity index (χ2n) is 4.66. The van der Waals surface area contributed by atoms with E-state index in [2.05, 4.69) is 22.0 Å². The van der Waals surface area contributed by atoms with Crippen LogP contribution in [0.4, 0.5) is 0 Å². The van der Waals surface area contributed by atoms with Gasteiger partial charge in [-0.15, -0.1) is 0 Å². The van der Waals surface area contributed by atoms with Crippen molar-refractivity contribution < 1.29 is 4.52 Å². The van der Waals surface area contributed by atoms with Gasteiger partial charge in [-0.1, -0.05) is 24.4 Å². The first kappa shape index (κ1) is 11.6. The standard InChI is InChI=1S/C12H21N3O/c1-10(12-13-11(2)14-16-12)15-8-6-4-3-5-7-9-15/h10H,3-9H2,1-2H3. The van der Waals surface area contributed by atoms with Gasteiger partial charge in [-0.25, -0.2) is 0 Å². The number of rotatable bonds is 2. The van der Waals surface area contributed by atoms with Crippen molar-refractivity contribution >= 4 is 0 Å². The summed E-state index contributed by atoms with van der Waals surface area (Å²) in [6.45, 7) is 6.34. The molecular formula is C12H21N3O. The number of likely N-dealkylation sites (tertiary alicyclic amines) is 1. The first-order valence-electron chi connectivity index (χ1n) is 6.31. The van der Waals surface area contributed by atoms with Crippen LogP contribution in [0.25, 0.3) is 0 Å². The van der Waals surface area contributed by atoms with Crippen LogP contribution in [-0.4, -0.2) is 28.1 Å². The summed E-state index contributed by atoms with van der Waals surface area (Å²) in [6.07, 6.45) is 6.68. The van der Waals surface area contributed by atoms with E-state index in [0.29, 0.717) is 0 Å². The Labute approximate surface area is 97.0 Å². The van der Waals surface area contributed by atoms with Gasteiger partial charge in [0.1, 0.15) is 0 Å². The minimum atomic E-state index is 0.263. The van der Waals surface area contributed by atoms with Crippen LogP contribution < -0.4 is 0 Å². The molecule has 1 saturated heterocycles. The fraction of sp³-hybridized carbons (Fsp3) is 0.833. The Morgan fingerprint density at radius 3 is 2.31 bits per heavy atom. The summed E-state index contributed by atoms with van der Waals surface area (Å²) < 4.78 is 5.25. The van der Waals surface area contributed by atoms with Crippen molar-refractivity contribution in [2.45, 2.75) is 52.0 Å². The monoisotopic (exact) mass is 223 g/mol. The van der Waals surface area contributed by atoms with Crippen LogP contribution in [0.2, 0.25) is 0 Å². The van der Waals surface area contributed by atoms with Gasteiger partial charge in [0.05, 0.1) is 6.04 Å². The maximum atomic E-state index is 5.25. The molecule has 4 heteroatoms. The lowest BCUT2D eigenvalue weighted by Gasteiger charge is -2.28. The maximum Gasteiger partial charge on any atom is 0.243 e. The first-order chi connectivity index (χ1) is 7.77. The average Bonchev–Trinajstić information content (AvgIpc) is 2.63. The molecule has 1 aliphatic heterocycles. The highest BCUT2D eigenvalue weighted by molar-refractivity contribution is 4.90. The van der Waals surface area contributed by atoms with Gasteiger partial charge in [0.25, 0.3) is 0 Å². The predicted octanol–water partition coefficient (Wildman–Crippen LogP) is 2.71. The van der Waals surface area contributed by atoms with E-state index in [1.807, 2.05) is 6.92 Å². The quantitative estimate of drug-likeness (QED) is 0.773. The normalized spacial score (nSPS) is 21.4. The van der Waals surface area contributed by atoms with Gasteiger partial charge in [0.15, 0.2) is 5.82 Å². The summed E-state index contributed by atoms with van der Waals surface area (Å²) in [4.78, 5) is 6.78. The zero-order valence-corrected chi connectivity index (χ0v) is 10.3. The molecule has 0 bridgehead atoms. The third kappa shape index (κ3) is 2.82. The highest BCUT2D eigenvalue weighted by atomic mass is 16.5. The van der Waals surface area contributed by atoms with Crippen LogP contribution in [0.1, 0.15) is 56.8 Å². The molecule has 0 aromatic carbocycles. The van der Waals surface area contributed by atoms with Crippen LogP contribution in [0.3, 0.4) is 0 Å². The van der Waals surface area contributed by atoms with Crippen molar-refractivity contribution in [3.05, 3.63) is 11.7 Å². The largest absolute Gasteiger partial charge is 0.338 e. The Balaban J connectivity index is 1.98. The van der Waals surface area contributed by atoms with Gasteiger partial charge in [0, 0.05) is 0 Å². The minimum absolute atomic E-state index is 0.263. The molecule has 1 aromatic heterocycles. The van der Waals surface area contributed by atoms with Gasteiger partial charge in [-0.2, -0.15) is 4.98 Å². The predicted molar refractivity (Wildman–Crippen MR) is 62.1 cm³/mol. The van der Waals surface area contributed by atoms with Crippen molar-refractivity contribution in [2.24, 2.45) is 0 Å². The molecule has 1 aliphatic rings. The Bertz CT molecular complexity index is 316. The molecule has 0 N–H and O–H groups in total. The molecule has 0 amide bonds. The minimum Gasteiger partial charge on any atom is -0.338 e. The third-order valence-electron chi connectivity index (χ3n) is 3.34. The lowest BCUT2D eigenvalue weighted by molar-refractivity contribution is 0.159. The number of nitrogens with zero attached hydrogens (tertiary/aromatic N) is 3. The highest BCUT2D eigenvalue weighted by Gasteiger charge is 2.21. The molecule has 1 atom stereocenters. The molecule has 2 heterocycles. The fourth-order valence-corrected chi connectivity index (χ4v) is 2.30. The van der Waals surface area contributed by atoms with Gasteiger partial charge in [-0.05, 0) is 39.8 Å². The number of aryl methyl sites for hydroxylation is 1. The zero-order chi connectivity index (χ0) is 11.4. The lowest BCUT2D eigenvalue weighted by Crippen LogP contribution is -2.30. The van der Waals surface area contributed by atoms with Gasteiger partial charge in [-0.3, -0.25) is 4.90 Å². The average molecular weight is 223 g/mol. The van der Waals surface area contributed by atoms with E-state index in [1.165, 1.54) is 32.1 Å². The van der Waals surface area contributed by atoms with Crippen molar-refractivity contribution in [1.29, 1.82) is 0 Å². The first-order valence-corrected chi connectivity index (χ1v) is 6.31. The number of aromatic nitrogens is 2. The molecule has 0 radical (unpaired) electrons. The van der Waals surface area contributed by atoms with E-state index < -0.39 is 0 Å². The van der Waals surface area contributed by atoms with Gasteiger partial charge in [0.2, 0.25) is 5.89 Å². The molecule has 16 heavy (non-hydrogen) atoms. The van der Waals surface area contributed by atoms with E-state index in [0.717, 1.165) is 24.8 Å². The molecule has 0 saturated carbocycles.